The minimum atomic E-state index is -4.37. The van der Waals surface area contributed by atoms with Gasteiger partial charge < -0.3 is 10.6 Å². The van der Waals surface area contributed by atoms with Gasteiger partial charge in [-0.2, -0.15) is 24.9 Å². The predicted octanol–water partition coefficient (Wildman–Crippen LogP) is 4.16. The summed E-state index contributed by atoms with van der Waals surface area (Å²) in [6, 6.07) is 0.414. The first-order valence-electron chi connectivity index (χ1n) is 8.01. The molecular weight excluding hydrogens is 484 g/mol. The Balaban J connectivity index is 0.00000312. The van der Waals surface area contributed by atoms with Crippen molar-refractivity contribution in [2.75, 3.05) is 19.3 Å². The molecule has 25 heavy (non-hydrogen) atoms. The largest absolute Gasteiger partial charge is 0.434 e. The third kappa shape index (κ3) is 7.49. The number of halogens is 4. The molecule has 2 unspecified atom stereocenters. The lowest BCUT2D eigenvalue weighted by Crippen LogP contribution is -2.42. The molecule has 0 radical (unpaired) electrons. The quantitative estimate of drug-likeness (QED) is 0.344. The van der Waals surface area contributed by atoms with E-state index in [9.17, 15) is 13.2 Å². The minimum absolute atomic E-state index is 0. The number of aliphatic imine (C=N–C) groups is 1. The van der Waals surface area contributed by atoms with E-state index in [1.807, 2.05) is 18.7 Å². The maximum absolute atomic E-state index is 12.5. The smallest absolute Gasteiger partial charge is 0.357 e. The summed E-state index contributed by atoms with van der Waals surface area (Å²) in [5, 5.41) is 8.84. The fourth-order valence-corrected chi connectivity index (χ4v) is 4.21. The highest BCUT2D eigenvalue weighted by atomic mass is 127. The topological polar surface area (TPSA) is 49.3 Å². The number of guanidine groups is 1. The van der Waals surface area contributed by atoms with E-state index in [4.69, 9.17) is 0 Å². The molecule has 4 nitrogen and oxygen atoms in total. The van der Waals surface area contributed by atoms with Gasteiger partial charge >= 0.3 is 6.18 Å². The Morgan fingerprint density at radius 3 is 2.76 bits per heavy atom. The van der Waals surface area contributed by atoms with Crippen LogP contribution in [0.4, 0.5) is 13.2 Å². The molecule has 0 aliphatic heterocycles. The van der Waals surface area contributed by atoms with Gasteiger partial charge in [0.2, 0.25) is 0 Å². The van der Waals surface area contributed by atoms with Crippen LogP contribution >= 0.6 is 47.1 Å². The standard InChI is InChI=1S/C15H23F3N4S2.HI/c1-3-19-14(21-10-4-5-11(8-10)23-2)20-7-6-13-22-12(9-24-13)15(16,17)18;/h9-11H,3-8H2,1-2H3,(H2,19,20,21);1H. The zero-order chi connectivity index (χ0) is 17.6. The molecule has 2 atom stereocenters. The van der Waals surface area contributed by atoms with Crippen molar-refractivity contribution in [3.8, 4) is 0 Å². The van der Waals surface area contributed by atoms with Crippen molar-refractivity contribution < 1.29 is 13.2 Å². The Kier molecular flexibility index (Phi) is 9.86. The molecule has 0 aromatic carbocycles. The van der Waals surface area contributed by atoms with Gasteiger partial charge in [0.1, 0.15) is 0 Å². The van der Waals surface area contributed by atoms with E-state index in [-0.39, 0.29) is 24.0 Å². The maximum Gasteiger partial charge on any atom is 0.434 e. The van der Waals surface area contributed by atoms with Crippen LogP contribution in [-0.2, 0) is 12.6 Å². The van der Waals surface area contributed by atoms with Crippen LogP contribution in [0.25, 0.3) is 0 Å². The Morgan fingerprint density at radius 1 is 1.44 bits per heavy atom. The van der Waals surface area contributed by atoms with Crippen LogP contribution in [0.1, 0.15) is 36.9 Å². The van der Waals surface area contributed by atoms with Crippen LogP contribution in [0.3, 0.4) is 0 Å². The van der Waals surface area contributed by atoms with Gasteiger partial charge in [-0.05, 0) is 32.4 Å². The zero-order valence-electron chi connectivity index (χ0n) is 14.2. The average molecular weight is 508 g/mol. The minimum Gasteiger partial charge on any atom is -0.357 e. The Hall–Kier alpha value is -0.230. The molecule has 1 aliphatic carbocycles. The summed E-state index contributed by atoms with van der Waals surface area (Å²) in [6.07, 6.45) is 1.62. The number of thioether (sulfide) groups is 1. The number of alkyl halides is 3. The molecule has 1 fully saturated rings. The number of hydrogen-bond donors (Lipinski definition) is 2. The lowest BCUT2D eigenvalue weighted by Gasteiger charge is -2.17. The first-order valence-corrected chi connectivity index (χ1v) is 10.2. The van der Waals surface area contributed by atoms with Crippen molar-refractivity contribution in [3.05, 3.63) is 16.1 Å². The molecule has 0 saturated heterocycles. The maximum atomic E-state index is 12.5. The number of nitrogens with one attached hydrogen (secondary N) is 2. The summed E-state index contributed by atoms with van der Waals surface area (Å²) >= 11 is 2.93. The summed E-state index contributed by atoms with van der Waals surface area (Å²) in [7, 11) is 0. The van der Waals surface area contributed by atoms with Gasteiger partial charge in [-0.25, -0.2) is 4.98 Å². The Morgan fingerprint density at radius 2 is 2.20 bits per heavy atom. The summed E-state index contributed by atoms with van der Waals surface area (Å²) in [6.45, 7) is 3.16. The van der Waals surface area contributed by atoms with Gasteiger partial charge in [0.15, 0.2) is 11.7 Å². The summed E-state index contributed by atoms with van der Waals surface area (Å²) < 4.78 is 37.6. The third-order valence-corrected chi connectivity index (χ3v) is 5.84. The van der Waals surface area contributed by atoms with Crippen molar-refractivity contribution >= 4 is 53.0 Å². The SMILES string of the molecule is CCNC(=NCCc1nc(C(F)(F)F)cs1)NC1CCC(SC)C1.I. The molecule has 1 aromatic heterocycles. The van der Waals surface area contributed by atoms with E-state index in [0.717, 1.165) is 42.1 Å². The van der Waals surface area contributed by atoms with Crippen molar-refractivity contribution in [2.24, 2.45) is 4.99 Å². The van der Waals surface area contributed by atoms with E-state index in [1.165, 1.54) is 6.42 Å². The highest BCUT2D eigenvalue weighted by Crippen LogP contribution is 2.30. The second kappa shape index (κ2) is 10.8. The second-order valence-electron chi connectivity index (χ2n) is 5.65. The fraction of sp³-hybridized carbons (Fsp3) is 0.733. The molecule has 0 spiro atoms. The summed E-state index contributed by atoms with van der Waals surface area (Å²) in [5.74, 6) is 0.733. The molecule has 10 heteroatoms. The molecule has 1 aliphatic rings. The van der Waals surface area contributed by atoms with Crippen LogP contribution in [0, 0.1) is 0 Å². The van der Waals surface area contributed by atoms with Gasteiger partial charge in [0.25, 0.3) is 0 Å². The number of hydrogen-bond acceptors (Lipinski definition) is 4. The molecule has 144 valence electrons. The van der Waals surface area contributed by atoms with Gasteiger partial charge in [-0.3, -0.25) is 4.99 Å². The molecule has 0 bridgehead atoms. The average Bonchev–Trinajstić information content (AvgIpc) is 3.16. The Bertz CT molecular complexity index is 551. The zero-order valence-corrected chi connectivity index (χ0v) is 18.2. The van der Waals surface area contributed by atoms with Crippen molar-refractivity contribution in [2.45, 2.75) is 50.1 Å². The Labute approximate surface area is 171 Å². The molecule has 0 amide bonds. The number of thiazole rings is 1. The van der Waals surface area contributed by atoms with E-state index in [0.29, 0.717) is 29.3 Å². The van der Waals surface area contributed by atoms with Gasteiger partial charge in [-0.1, -0.05) is 0 Å². The number of nitrogens with zero attached hydrogens (tertiary/aromatic N) is 2. The van der Waals surface area contributed by atoms with Gasteiger partial charge in [0.05, 0.1) is 5.01 Å². The van der Waals surface area contributed by atoms with Gasteiger partial charge in [0, 0.05) is 36.2 Å². The van der Waals surface area contributed by atoms with E-state index >= 15 is 0 Å². The third-order valence-electron chi connectivity index (χ3n) is 3.84. The highest BCUT2D eigenvalue weighted by Gasteiger charge is 2.33. The molecule has 1 aromatic rings. The normalized spacial score (nSPS) is 21.1. The van der Waals surface area contributed by atoms with Crippen molar-refractivity contribution in [3.63, 3.8) is 0 Å². The van der Waals surface area contributed by atoms with Gasteiger partial charge in [-0.15, -0.1) is 35.3 Å². The molecular formula is C15H24F3IN4S2. The first kappa shape index (κ1) is 22.8. The number of aromatic nitrogens is 1. The van der Waals surface area contributed by atoms with Crippen molar-refractivity contribution in [1.82, 2.24) is 15.6 Å². The van der Waals surface area contributed by atoms with Crippen LogP contribution in [0.15, 0.2) is 10.4 Å². The monoisotopic (exact) mass is 508 g/mol. The highest BCUT2D eigenvalue weighted by molar-refractivity contribution is 14.0. The second-order valence-corrected chi connectivity index (χ2v) is 7.73. The lowest BCUT2D eigenvalue weighted by molar-refractivity contribution is -0.140. The molecule has 1 heterocycles. The van der Waals surface area contributed by atoms with E-state index in [1.54, 1.807) is 0 Å². The van der Waals surface area contributed by atoms with Crippen LogP contribution in [0.5, 0.6) is 0 Å². The molecule has 2 rings (SSSR count). The fourth-order valence-electron chi connectivity index (χ4n) is 2.62. The van der Waals surface area contributed by atoms with Crippen molar-refractivity contribution in [1.29, 1.82) is 0 Å². The summed E-state index contributed by atoms with van der Waals surface area (Å²) in [5.41, 5.74) is -0.814. The van der Waals surface area contributed by atoms with E-state index in [2.05, 4.69) is 26.9 Å². The van der Waals surface area contributed by atoms with Crippen LogP contribution < -0.4 is 10.6 Å². The first-order chi connectivity index (χ1) is 11.4. The summed E-state index contributed by atoms with van der Waals surface area (Å²) in [4.78, 5) is 8.10. The van der Waals surface area contributed by atoms with E-state index < -0.39 is 11.9 Å². The van der Waals surface area contributed by atoms with Crippen LogP contribution in [-0.4, -0.2) is 41.6 Å². The predicted molar refractivity (Wildman–Crippen MR) is 110 cm³/mol. The number of rotatable bonds is 6. The van der Waals surface area contributed by atoms with Crippen LogP contribution in [0.2, 0.25) is 0 Å². The molecule has 2 N–H and O–H groups in total. The molecule has 1 saturated carbocycles. The lowest BCUT2D eigenvalue weighted by atomic mass is 10.2.